The molecule has 1 aromatic carbocycles. The summed E-state index contributed by atoms with van der Waals surface area (Å²) in [5.41, 5.74) is 6.65. The number of fused-ring (bicyclic) bond motifs is 1. The second-order valence-corrected chi connectivity index (χ2v) is 10.1. The van der Waals surface area contributed by atoms with E-state index in [1.165, 1.54) is 23.9 Å². The zero-order chi connectivity index (χ0) is 25.3. The molecule has 12 heteroatoms. The van der Waals surface area contributed by atoms with Crippen LogP contribution < -0.4 is 9.46 Å². The smallest absolute Gasteiger partial charge is 0.233 e. The number of rotatable bonds is 9. The molecule has 0 amide bonds. The van der Waals surface area contributed by atoms with Crippen LogP contribution in [0.25, 0.3) is 22.7 Å². The molecule has 2 aliphatic rings. The molecule has 0 unspecified atom stereocenters. The standard InChI is InChI=1S/C24H24N6O5S/c1-3-35-20-9-4-6-16(26-20)23-28-22-24(30(23)21-17(31)7-5-8-18(21)34-2)27-19(14-25-22)29-36(32,33)13-12-15-10-11-15/h5,7-9,14-15,31H,3,10-13H2,1-2H3,(H,27,29). The molecule has 2 N–H and O–H groups in total. The average Bonchev–Trinajstić information content (AvgIpc) is 3.62. The number of aliphatic imine (C=N–C) groups is 1. The first-order valence-electron chi connectivity index (χ1n) is 11.4. The minimum atomic E-state index is -3.61. The van der Waals surface area contributed by atoms with Crippen molar-refractivity contribution in [3.05, 3.63) is 47.8 Å². The zero-order valence-electron chi connectivity index (χ0n) is 19.7. The number of nitrogens with zero attached hydrogens (tertiary/aromatic N) is 5. The fourth-order valence-electron chi connectivity index (χ4n) is 3.78. The van der Waals surface area contributed by atoms with Gasteiger partial charge in [0.15, 0.2) is 28.6 Å². The predicted octanol–water partition coefficient (Wildman–Crippen LogP) is 3.17. The van der Waals surface area contributed by atoms with E-state index in [4.69, 9.17) is 9.47 Å². The van der Waals surface area contributed by atoms with E-state index in [9.17, 15) is 13.5 Å². The quantitative estimate of drug-likeness (QED) is 0.420. The number of aromatic nitrogens is 4. The number of ether oxygens (including phenoxy) is 2. The Morgan fingerprint density at radius 1 is 1.28 bits per heavy atom. The van der Waals surface area contributed by atoms with Crippen LogP contribution in [0.15, 0.2) is 46.9 Å². The zero-order valence-corrected chi connectivity index (χ0v) is 20.5. The van der Waals surface area contributed by atoms with Gasteiger partial charge in [-0.2, -0.15) is 0 Å². The number of imidazole rings is 1. The number of methoxy groups -OCH3 is 1. The molecule has 3 heterocycles. The number of phenols is 1. The van der Waals surface area contributed by atoms with Gasteiger partial charge in [-0.1, -0.05) is 24.6 Å². The third kappa shape index (κ3) is 4.83. The number of aromatic hydroxyl groups is 1. The Kier molecular flexibility index (Phi) is 6.24. The van der Waals surface area contributed by atoms with Gasteiger partial charge in [-0.05, 0) is 37.1 Å². The number of phenolic OH excluding ortho intramolecular Hbond substituents is 1. The third-order valence-corrected chi connectivity index (χ3v) is 6.95. The summed E-state index contributed by atoms with van der Waals surface area (Å²) in [6.07, 6.45) is 5.60. The van der Waals surface area contributed by atoms with Crippen LogP contribution in [-0.2, 0) is 14.8 Å². The number of hydrogen-bond donors (Lipinski definition) is 2. The molecule has 3 aromatic rings. The first-order chi connectivity index (χ1) is 17.4. The first kappa shape index (κ1) is 23.6. The Labute approximate surface area is 207 Å². The summed E-state index contributed by atoms with van der Waals surface area (Å²) in [4.78, 5) is 17.8. The third-order valence-electron chi connectivity index (χ3n) is 5.66. The van der Waals surface area contributed by atoms with E-state index < -0.39 is 10.0 Å². The SMILES string of the molecule is CCOC1=NC(c2nc3ncc(NS(=O)(=O)CCC4CC4)nc3n2-c2c(O)cccc2OC)=C=C=C1. The van der Waals surface area contributed by atoms with Crippen molar-refractivity contribution in [3.8, 4) is 17.2 Å². The number of para-hydroxylation sites is 1. The van der Waals surface area contributed by atoms with Gasteiger partial charge in [-0.3, -0.25) is 9.29 Å². The monoisotopic (exact) mass is 508 g/mol. The molecule has 11 nitrogen and oxygen atoms in total. The Morgan fingerprint density at radius 3 is 2.86 bits per heavy atom. The second kappa shape index (κ2) is 9.50. The summed E-state index contributed by atoms with van der Waals surface area (Å²) in [5, 5.41) is 10.8. The number of sulfonamides is 1. The van der Waals surface area contributed by atoms with Crippen LogP contribution in [0.5, 0.6) is 11.5 Å². The van der Waals surface area contributed by atoms with Gasteiger partial charge in [0.1, 0.15) is 17.2 Å². The van der Waals surface area contributed by atoms with Gasteiger partial charge in [0.2, 0.25) is 15.9 Å². The highest BCUT2D eigenvalue weighted by molar-refractivity contribution is 7.92. The molecule has 0 spiro atoms. The van der Waals surface area contributed by atoms with Crippen molar-refractivity contribution in [1.29, 1.82) is 0 Å². The van der Waals surface area contributed by atoms with Crippen molar-refractivity contribution in [2.75, 3.05) is 24.2 Å². The van der Waals surface area contributed by atoms with Gasteiger partial charge in [0.25, 0.3) is 0 Å². The molecule has 1 aliphatic heterocycles. The Balaban J connectivity index is 1.66. The molecule has 0 radical (unpaired) electrons. The highest BCUT2D eigenvalue weighted by Gasteiger charge is 2.26. The molecule has 36 heavy (non-hydrogen) atoms. The van der Waals surface area contributed by atoms with Crippen molar-refractivity contribution >= 4 is 38.7 Å². The van der Waals surface area contributed by atoms with Gasteiger partial charge in [0, 0.05) is 0 Å². The molecule has 0 atom stereocenters. The largest absolute Gasteiger partial charge is 0.506 e. The van der Waals surface area contributed by atoms with Crippen molar-refractivity contribution in [2.45, 2.75) is 26.2 Å². The maximum absolute atomic E-state index is 12.6. The highest BCUT2D eigenvalue weighted by atomic mass is 32.2. The van der Waals surface area contributed by atoms with Crippen LogP contribution in [-0.4, -0.2) is 58.4 Å². The average molecular weight is 509 g/mol. The van der Waals surface area contributed by atoms with E-state index >= 15 is 0 Å². The summed E-state index contributed by atoms with van der Waals surface area (Å²) in [6.45, 7) is 2.24. The van der Waals surface area contributed by atoms with E-state index in [0.717, 1.165) is 12.8 Å². The van der Waals surface area contributed by atoms with Crippen molar-refractivity contribution < 1.29 is 23.0 Å². The lowest BCUT2D eigenvalue weighted by molar-refractivity contribution is 0.330. The maximum Gasteiger partial charge on any atom is 0.233 e. The van der Waals surface area contributed by atoms with Gasteiger partial charge < -0.3 is 14.6 Å². The lowest BCUT2D eigenvalue weighted by atomic mass is 10.2. The van der Waals surface area contributed by atoms with E-state index in [1.807, 2.05) is 6.92 Å². The van der Waals surface area contributed by atoms with E-state index in [2.05, 4.69) is 36.1 Å². The van der Waals surface area contributed by atoms with E-state index in [1.54, 1.807) is 18.2 Å². The molecular weight excluding hydrogens is 484 g/mol. The molecule has 1 aliphatic carbocycles. The lowest BCUT2D eigenvalue weighted by Crippen LogP contribution is -2.18. The fourth-order valence-corrected chi connectivity index (χ4v) is 4.94. The van der Waals surface area contributed by atoms with Crippen LogP contribution in [0.2, 0.25) is 0 Å². The Hall–Kier alpha value is -4.11. The predicted molar refractivity (Wildman–Crippen MR) is 134 cm³/mol. The minimum absolute atomic E-state index is 0.00806. The van der Waals surface area contributed by atoms with Crippen molar-refractivity contribution in [2.24, 2.45) is 10.9 Å². The Bertz CT molecular complexity index is 1580. The summed E-state index contributed by atoms with van der Waals surface area (Å²) >= 11 is 0. The molecule has 1 fully saturated rings. The topological polar surface area (TPSA) is 141 Å². The van der Waals surface area contributed by atoms with E-state index in [-0.39, 0.29) is 45.8 Å². The number of hydrogen-bond acceptors (Lipinski definition) is 9. The lowest BCUT2D eigenvalue weighted by Gasteiger charge is -2.14. The fraction of sp³-hybridized carbons (Fsp3) is 0.333. The van der Waals surface area contributed by atoms with Crippen LogP contribution in [0.1, 0.15) is 32.0 Å². The number of anilines is 1. The number of nitrogens with one attached hydrogen (secondary N) is 1. The summed E-state index contributed by atoms with van der Waals surface area (Å²) in [6, 6.07) is 4.79. The second-order valence-electron chi connectivity index (χ2n) is 8.30. The number of benzene rings is 1. The Morgan fingerprint density at radius 2 is 2.11 bits per heavy atom. The van der Waals surface area contributed by atoms with Gasteiger partial charge in [-0.15, -0.1) is 0 Å². The summed E-state index contributed by atoms with van der Waals surface area (Å²) < 4.78 is 40.2. The minimum Gasteiger partial charge on any atom is -0.506 e. The van der Waals surface area contributed by atoms with Gasteiger partial charge in [-0.25, -0.2) is 28.4 Å². The molecule has 0 saturated heterocycles. The van der Waals surface area contributed by atoms with Crippen LogP contribution in [0.3, 0.4) is 0 Å². The first-order valence-corrected chi connectivity index (χ1v) is 13.1. The van der Waals surface area contributed by atoms with Crippen LogP contribution >= 0.6 is 0 Å². The van der Waals surface area contributed by atoms with Crippen LogP contribution in [0, 0.1) is 5.92 Å². The molecular formula is C24H24N6O5S. The normalized spacial score (nSPS) is 15.1. The van der Waals surface area contributed by atoms with Crippen molar-refractivity contribution in [1.82, 2.24) is 19.5 Å². The van der Waals surface area contributed by atoms with Crippen LogP contribution in [0.4, 0.5) is 5.82 Å². The van der Waals surface area contributed by atoms with E-state index in [0.29, 0.717) is 30.6 Å². The van der Waals surface area contributed by atoms with Gasteiger partial charge >= 0.3 is 0 Å². The molecule has 0 bridgehead atoms. The summed E-state index contributed by atoms with van der Waals surface area (Å²) in [7, 11) is -2.14. The van der Waals surface area contributed by atoms with Crippen molar-refractivity contribution in [3.63, 3.8) is 0 Å². The molecule has 186 valence electrons. The highest BCUT2D eigenvalue weighted by Crippen LogP contribution is 2.37. The maximum atomic E-state index is 12.6. The molecule has 1 saturated carbocycles. The summed E-state index contributed by atoms with van der Waals surface area (Å²) in [5.74, 6) is 1.28. The molecule has 5 rings (SSSR count). The molecule has 2 aromatic heterocycles. The van der Waals surface area contributed by atoms with Gasteiger partial charge in [0.05, 0.1) is 31.7 Å².